The van der Waals surface area contributed by atoms with Crippen LogP contribution in [0.2, 0.25) is 0 Å². The lowest BCUT2D eigenvalue weighted by atomic mass is 9.91. The molecule has 4 heteroatoms. The summed E-state index contributed by atoms with van der Waals surface area (Å²) in [7, 11) is 0. The van der Waals surface area contributed by atoms with Crippen molar-refractivity contribution in [1.82, 2.24) is 15.1 Å². The Hall–Kier alpha value is -0.630. The van der Waals surface area contributed by atoms with Gasteiger partial charge in [-0.2, -0.15) is 5.26 Å². The number of hydrogen-bond donors (Lipinski definition) is 1. The van der Waals surface area contributed by atoms with Gasteiger partial charge in [0.05, 0.1) is 11.5 Å². The number of rotatable bonds is 4. The fraction of sp³-hybridized carbons (Fsp3) is 0.923. The van der Waals surface area contributed by atoms with E-state index in [0.717, 1.165) is 32.1 Å². The first-order valence-corrected chi connectivity index (χ1v) is 6.69. The van der Waals surface area contributed by atoms with Crippen LogP contribution in [-0.2, 0) is 0 Å². The van der Waals surface area contributed by atoms with Crippen molar-refractivity contribution in [2.45, 2.75) is 26.3 Å². The zero-order valence-electron chi connectivity index (χ0n) is 11.1. The number of nitrogens with zero attached hydrogens (tertiary/aromatic N) is 3. The maximum absolute atomic E-state index is 8.99. The van der Waals surface area contributed by atoms with Gasteiger partial charge in [0.2, 0.25) is 0 Å². The molecule has 0 aromatic carbocycles. The Balaban J connectivity index is 1.67. The minimum absolute atomic E-state index is 0.172. The molecule has 4 nitrogen and oxygen atoms in total. The highest BCUT2D eigenvalue weighted by atomic mass is 15.3. The van der Waals surface area contributed by atoms with Crippen LogP contribution in [-0.4, -0.2) is 61.7 Å². The molecule has 96 valence electrons. The van der Waals surface area contributed by atoms with E-state index in [0.29, 0.717) is 0 Å². The molecule has 2 fully saturated rings. The van der Waals surface area contributed by atoms with Gasteiger partial charge in [-0.05, 0) is 26.8 Å². The maximum Gasteiger partial charge on any atom is 0.0684 e. The highest BCUT2D eigenvalue weighted by Gasteiger charge is 2.28. The van der Waals surface area contributed by atoms with Gasteiger partial charge in [-0.3, -0.25) is 4.90 Å². The van der Waals surface area contributed by atoms with Gasteiger partial charge in [0.15, 0.2) is 0 Å². The summed E-state index contributed by atoms with van der Waals surface area (Å²) in [5.74, 6) is 0. The van der Waals surface area contributed by atoms with Gasteiger partial charge in [-0.15, -0.1) is 0 Å². The second kappa shape index (κ2) is 5.34. The Kier molecular flexibility index (Phi) is 4.03. The monoisotopic (exact) mass is 236 g/mol. The zero-order chi connectivity index (χ0) is 12.3. The molecule has 2 rings (SSSR count). The molecule has 2 saturated heterocycles. The van der Waals surface area contributed by atoms with Gasteiger partial charge in [0, 0.05) is 45.3 Å². The number of hydrogen-bond acceptors (Lipinski definition) is 4. The Bertz CT molecular complexity index is 282. The van der Waals surface area contributed by atoms with Gasteiger partial charge < -0.3 is 10.2 Å². The largest absolute Gasteiger partial charge is 0.314 e. The Morgan fingerprint density at radius 3 is 2.35 bits per heavy atom. The van der Waals surface area contributed by atoms with Crippen molar-refractivity contribution in [3.8, 4) is 6.07 Å². The van der Waals surface area contributed by atoms with Gasteiger partial charge >= 0.3 is 0 Å². The number of nitrogens with one attached hydrogen (secondary N) is 1. The fourth-order valence-corrected chi connectivity index (χ4v) is 2.38. The molecule has 1 N–H and O–H groups in total. The molecular weight excluding hydrogens is 212 g/mol. The highest BCUT2D eigenvalue weighted by Crippen LogP contribution is 2.19. The van der Waals surface area contributed by atoms with Gasteiger partial charge in [-0.25, -0.2) is 0 Å². The predicted molar refractivity (Wildman–Crippen MR) is 68.7 cm³/mol. The van der Waals surface area contributed by atoms with Crippen LogP contribution in [0.5, 0.6) is 0 Å². The molecule has 2 aliphatic rings. The lowest BCUT2D eigenvalue weighted by Crippen LogP contribution is -2.61. The second-order valence-electron chi connectivity index (χ2n) is 5.94. The van der Waals surface area contributed by atoms with Crippen LogP contribution >= 0.6 is 0 Å². The van der Waals surface area contributed by atoms with Crippen molar-refractivity contribution in [2.24, 2.45) is 5.41 Å². The molecule has 17 heavy (non-hydrogen) atoms. The molecule has 0 bridgehead atoms. The third kappa shape index (κ3) is 3.41. The minimum Gasteiger partial charge on any atom is -0.314 e. The lowest BCUT2D eigenvalue weighted by molar-refractivity contribution is 0.0692. The van der Waals surface area contributed by atoms with Crippen molar-refractivity contribution in [1.29, 1.82) is 5.26 Å². The molecule has 0 atom stereocenters. The smallest absolute Gasteiger partial charge is 0.0684 e. The first-order valence-electron chi connectivity index (χ1n) is 6.69. The molecule has 0 unspecified atom stereocenters. The van der Waals surface area contributed by atoms with Crippen LogP contribution in [0.25, 0.3) is 0 Å². The molecule has 0 aromatic rings. The lowest BCUT2D eigenvalue weighted by Gasteiger charge is -2.43. The summed E-state index contributed by atoms with van der Waals surface area (Å²) in [6.45, 7) is 12.2. The number of piperazine rings is 1. The van der Waals surface area contributed by atoms with Crippen LogP contribution < -0.4 is 5.32 Å². The fourth-order valence-electron chi connectivity index (χ4n) is 2.38. The molecule has 0 amide bonds. The first kappa shape index (κ1) is 12.8. The summed E-state index contributed by atoms with van der Waals surface area (Å²) in [6.07, 6.45) is 0.981. The standard InChI is InChI=1S/C13H24N4/c1-13(2,11-14)3-4-16-5-7-17(8-6-16)12-9-15-10-12/h12,15H,3-10H2,1-2H3. The van der Waals surface area contributed by atoms with Crippen molar-refractivity contribution in [3.05, 3.63) is 0 Å². The average molecular weight is 236 g/mol. The summed E-state index contributed by atoms with van der Waals surface area (Å²) in [6, 6.07) is 3.17. The van der Waals surface area contributed by atoms with E-state index < -0.39 is 0 Å². The van der Waals surface area contributed by atoms with Crippen molar-refractivity contribution in [2.75, 3.05) is 45.8 Å². The van der Waals surface area contributed by atoms with Crippen LogP contribution in [0.3, 0.4) is 0 Å². The van der Waals surface area contributed by atoms with E-state index in [1.54, 1.807) is 0 Å². The van der Waals surface area contributed by atoms with Gasteiger partial charge in [0.25, 0.3) is 0 Å². The second-order valence-corrected chi connectivity index (χ2v) is 5.94. The quantitative estimate of drug-likeness (QED) is 0.772. The van der Waals surface area contributed by atoms with Crippen molar-refractivity contribution < 1.29 is 0 Å². The summed E-state index contributed by atoms with van der Waals surface area (Å²) in [5.41, 5.74) is -0.172. The van der Waals surface area contributed by atoms with E-state index in [4.69, 9.17) is 5.26 Å². The van der Waals surface area contributed by atoms with E-state index in [-0.39, 0.29) is 5.41 Å². The Morgan fingerprint density at radius 2 is 1.88 bits per heavy atom. The summed E-state index contributed by atoms with van der Waals surface area (Å²) in [4.78, 5) is 5.10. The van der Waals surface area contributed by atoms with Crippen molar-refractivity contribution >= 4 is 0 Å². The minimum atomic E-state index is -0.172. The predicted octanol–water partition coefficient (Wildman–Crippen LogP) is 0.516. The Morgan fingerprint density at radius 1 is 1.24 bits per heavy atom. The highest BCUT2D eigenvalue weighted by molar-refractivity contribution is 4.93. The van der Waals surface area contributed by atoms with Crippen LogP contribution in [0.15, 0.2) is 0 Å². The topological polar surface area (TPSA) is 42.3 Å². The molecule has 0 spiro atoms. The Labute approximate surface area is 105 Å². The van der Waals surface area contributed by atoms with E-state index >= 15 is 0 Å². The maximum atomic E-state index is 8.99. The third-order valence-corrected chi connectivity index (χ3v) is 4.04. The normalized spacial score (nSPS) is 24.3. The van der Waals surface area contributed by atoms with Gasteiger partial charge in [-0.1, -0.05) is 0 Å². The van der Waals surface area contributed by atoms with E-state index in [1.165, 1.54) is 26.2 Å². The first-order chi connectivity index (χ1) is 8.11. The SMILES string of the molecule is CC(C)(C#N)CCN1CCN(C2CNC2)CC1. The van der Waals surface area contributed by atoms with E-state index in [1.807, 2.05) is 13.8 Å². The molecule has 0 saturated carbocycles. The summed E-state index contributed by atoms with van der Waals surface area (Å²) >= 11 is 0. The molecule has 0 radical (unpaired) electrons. The molecule has 2 aliphatic heterocycles. The van der Waals surface area contributed by atoms with E-state index in [2.05, 4.69) is 21.2 Å². The molecule has 0 aromatic heterocycles. The van der Waals surface area contributed by atoms with Crippen molar-refractivity contribution in [3.63, 3.8) is 0 Å². The van der Waals surface area contributed by atoms with Crippen LogP contribution in [0.4, 0.5) is 0 Å². The van der Waals surface area contributed by atoms with Gasteiger partial charge in [0.1, 0.15) is 0 Å². The van der Waals surface area contributed by atoms with E-state index in [9.17, 15) is 0 Å². The zero-order valence-corrected chi connectivity index (χ0v) is 11.1. The third-order valence-electron chi connectivity index (χ3n) is 4.04. The molecule has 2 heterocycles. The molecular formula is C13H24N4. The summed E-state index contributed by atoms with van der Waals surface area (Å²) < 4.78 is 0. The van der Waals surface area contributed by atoms with Crippen LogP contribution in [0.1, 0.15) is 20.3 Å². The summed E-state index contributed by atoms with van der Waals surface area (Å²) in [5, 5.41) is 12.3. The average Bonchev–Trinajstić information content (AvgIpc) is 2.26. The van der Waals surface area contributed by atoms with Crippen LogP contribution in [0, 0.1) is 16.7 Å². The molecule has 0 aliphatic carbocycles. The number of nitriles is 1.